The average molecular weight is 513 g/mol. The van der Waals surface area contributed by atoms with Gasteiger partial charge in [-0.3, -0.25) is 10.7 Å². The standard InChI is InChI=1S/C22H20ClF3N4O3S/c23-16-2-1-3-17(13-16)29-21(30-31)15-6-9-20(19(12-15)22(24,25)26)28-11-10-14-4-7-18(8-5-14)34(27,32)33/h1-9,12-13,28,31H,10-11H2,(H,29,30)(H2,27,32,33). The highest BCUT2D eigenvalue weighted by molar-refractivity contribution is 7.89. The van der Waals surface area contributed by atoms with Gasteiger partial charge in [-0.25, -0.2) is 18.5 Å². The Morgan fingerprint density at radius 1 is 1.06 bits per heavy atom. The number of hydrogen-bond acceptors (Lipinski definition) is 5. The van der Waals surface area contributed by atoms with Crippen molar-refractivity contribution in [3.05, 3.63) is 88.4 Å². The van der Waals surface area contributed by atoms with E-state index in [0.29, 0.717) is 22.7 Å². The summed E-state index contributed by atoms with van der Waals surface area (Å²) in [6.07, 6.45) is -4.34. The summed E-state index contributed by atoms with van der Waals surface area (Å²) in [6, 6.07) is 15.6. The van der Waals surface area contributed by atoms with Crippen molar-refractivity contribution < 1.29 is 26.8 Å². The molecule has 5 N–H and O–H groups in total. The number of sulfonamides is 1. The maximum absolute atomic E-state index is 13.7. The zero-order valence-corrected chi connectivity index (χ0v) is 19.0. The van der Waals surface area contributed by atoms with E-state index < -0.39 is 21.8 Å². The van der Waals surface area contributed by atoms with Gasteiger partial charge in [-0.15, -0.1) is 0 Å². The molecule has 0 atom stereocenters. The van der Waals surface area contributed by atoms with E-state index >= 15 is 0 Å². The SMILES string of the molecule is NS(=O)(=O)c1ccc(CCNc2ccc(C(=Nc3cccc(Cl)c3)NO)cc2C(F)(F)F)cc1. The van der Waals surface area contributed by atoms with Crippen molar-refractivity contribution >= 4 is 38.8 Å². The monoisotopic (exact) mass is 512 g/mol. The van der Waals surface area contributed by atoms with Crippen molar-refractivity contribution in [1.82, 2.24) is 5.48 Å². The third-order valence-electron chi connectivity index (χ3n) is 4.73. The fourth-order valence-corrected chi connectivity index (χ4v) is 3.80. The first-order chi connectivity index (χ1) is 16.0. The molecule has 0 spiro atoms. The van der Waals surface area contributed by atoms with Crippen LogP contribution in [-0.4, -0.2) is 26.0 Å². The number of hydrogen-bond donors (Lipinski definition) is 4. The van der Waals surface area contributed by atoms with E-state index in [2.05, 4.69) is 10.3 Å². The van der Waals surface area contributed by atoms with E-state index in [4.69, 9.17) is 16.7 Å². The molecule has 3 aromatic rings. The second-order valence-corrected chi connectivity index (χ2v) is 9.17. The van der Waals surface area contributed by atoms with Gasteiger partial charge in [0.05, 0.1) is 16.1 Å². The summed E-state index contributed by atoms with van der Waals surface area (Å²) in [6.45, 7) is 0.152. The third-order valence-corrected chi connectivity index (χ3v) is 5.90. The number of rotatable bonds is 7. The summed E-state index contributed by atoms with van der Waals surface area (Å²) >= 11 is 5.90. The normalized spacial score (nSPS) is 12.5. The smallest absolute Gasteiger partial charge is 0.384 e. The summed E-state index contributed by atoms with van der Waals surface area (Å²) in [5, 5.41) is 17.6. The molecule has 0 radical (unpaired) electrons. The van der Waals surface area contributed by atoms with E-state index in [0.717, 1.165) is 6.07 Å². The van der Waals surface area contributed by atoms with E-state index in [1.54, 1.807) is 30.3 Å². The van der Waals surface area contributed by atoms with Crippen molar-refractivity contribution in [2.24, 2.45) is 10.1 Å². The number of hydroxylamine groups is 1. The number of amidine groups is 1. The molecule has 0 amide bonds. The summed E-state index contributed by atoms with van der Waals surface area (Å²) in [4.78, 5) is 4.07. The zero-order chi connectivity index (χ0) is 24.9. The molecule has 0 fully saturated rings. The highest BCUT2D eigenvalue weighted by Crippen LogP contribution is 2.36. The van der Waals surface area contributed by atoms with E-state index in [1.165, 1.54) is 30.3 Å². The fourth-order valence-electron chi connectivity index (χ4n) is 3.10. The third kappa shape index (κ3) is 6.70. The van der Waals surface area contributed by atoms with E-state index in [1.807, 2.05) is 5.48 Å². The van der Waals surface area contributed by atoms with Crippen molar-refractivity contribution in [3.63, 3.8) is 0 Å². The maximum Gasteiger partial charge on any atom is 0.418 e. The van der Waals surface area contributed by atoms with E-state index in [9.17, 15) is 26.8 Å². The first-order valence-electron chi connectivity index (χ1n) is 9.79. The highest BCUT2D eigenvalue weighted by Gasteiger charge is 2.34. The molecule has 34 heavy (non-hydrogen) atoms. The lowest BCUT2D eigenvalue weighted by atomic mass is 10.1. The van der Waals surface area contributed by atoms with Crippen LogP contribution in [0.15, 0.2) is 76.6 Å². The summed E-state index contributed by atoms with van der Waals surface area (Å²) in [5.74, 6) is -0.186. The second kappa shape index (κ2) is 10.4. The van der Waals surface area contributed by atoms with Crippen LogP contribution in [-0.2, 0) is 22.6 Å². The summed E-state index contributed by atoms with van der Waals surface area (Å²) < 4.78 is 63.8. The molecule has 0 saturated heterocycles. The quantitative estimate of drug-likeness (QED) is 0.208. The van der Waals surface area contributed by atoms with Crippen LogP contribution in [0.5, 0.6) is 0 Å². The molecular formula is C22H20ClF3N4O3S. The lowest BCUT2D eigenvalue weighted by molar-refractivity contribution is -0.137. The minimum atomic E-state index is -4.67. The number of aliphatic imine (C=N–C) groups is 1. The Bertz CT molecular complexity index is 1300. The predicted octanol–water partition coefficient (Wildman–Crippen LogP) is 4.72. The number of alkyl halides is 3. The number of nitrogens with zero attached hydrogens (tertiary/aromatic N) is 1. The van der Waals surface area contributed by atoms with Crippen LogP contribution in [0.1, 0.15) is 16.7 Å². The van der Waals surface area contributed by atoms with Gasteiger partial charge in [0.1, 0.15) is 0 Å². The summed E-state index contributed by atoms with van der Waals surface area (Å²) in [5.41, 5.74) is 1.80. The van der Waals surface area contributed by atoms with Gasteiger partial charge in [-0.1, -0.05) is 29.8 Å². The molecule has 0 aliphatic carbocycles. The number of halogens is 4. The minimum absolute atomic E-state index is 0.0129. The largest absolute Gasteiger partial charge is 0.418 e. The van der Waals surface area contributed by atoms with Gasteiger partial charge in [0.25, 0.3) is 0 Å². The molecule has 0 heterocycles. The lowest BCUT2D eigenvalue weighted by Gasteiger charge is -2.17. The maximum atomic E-state index is 13.7. The highest BCUT2D eigenvalue weighted by atomic mass is 35.5. The van der Waals surface area contributed by atoms with Crippen LogP contribution >= 0.6 is 11.6 Å². The fraction of sp³-hybridized carbons (Fsp3) is 0.136. The molecule has 3 aromatic carbocycles. The van der Waals surface area contributed by atoms with Crippen LogP contribution in [0.25, 0.3) is 0 Å². The van der Waals surface area contributed by atoms with E-state index in [-0.39, 0.29) is 28.5 Å². The Morgan fingerprint density at radius 2 is 1.76 bits per heavy atom. The minimum Gasteiger partial charge on any atom is -0.384 e. The van der Waals surface area contributed by atoms with Gasteiger partial charge in [0, 0.05) is 22.8 Å². The molecule has 12 heteroatoms. The molecule has 0 unspecified atom stereocenters. The average Bonchev–Trinajstić information content (AvgIpc) is 2.77. The molecule has 0 saturated carbocycles. The van der Waals surface area contributed by atoms with Crippen LogP contribution in [0, 0.1) is 0 Å². The Kier molecular flexibility index (Phi) is 7.82. The number of benzene rings is 3. The number of primary sulfonamides is 1. The van der Waals surface area contributed by atoms with Crippen LogP contribution in [0.2, 0.25) is 5.02 Å². The molecule has 3 rings (SSSR count). The molecule has 180 valence electrons. The molecule has 0 aliphatic rings. The Hall–Kier alpha value is -3.12. The van der Waals surface area contributed by atoms with Crippen LogP contribution in [0.4, 0.5) is 24.5 Å². The van der Waals surface area contributed by atoms with Crippen molar-refractivity contribution in [1.29, 1.82) is 0 Å². The van der Waals surface area contributed by atoms with Gasteiger partial charge in [0.2, 0.25) is 10.0 Å². The number of nitrogens with two attached hydrogens (primary N) is 1. The molecule has 0 aromatic heterocycles. The first kappa shape index (κ1) is 25.5. The molecule has 0 bridgehead atoms. The van der Waals surface area contributed by atoms with Gasteiger partial charge >= 0.3 is 6.18 Å². The van der Waals surface area contributed by atoms with Crippen LogP contribution in [0.3, 0.4) is 0 Å². The van der Waals surface area contributed by atoms with Gasteiger partial charge in [-0.05, 0) is 60.5 Å². The Labute approximate surface area is 199 Å². The van der Waals surface area contributed by atoms with Crippen LogP contribution < -0.4 is 15.9 Å². The lowest BCUT2D eigenvalue weighted by Crippen LogP contribution is -2.21. The van der Waals surface area contributed by atoms with Crippen molar-refractivity contribution in [2.75, 3.05) is 11.9 Å². The first-order valence-corrected chi connectivity index (χ1v) is 11.7. The Morgan fingerprint density at radius 3 is 2.35 bits per heavy atom. The van der Waals surface area contributed by atoms with Crippen molar-refractivity contribution in [3.8, 4) is 0 Å². The zero-order valence-electron chi connectivity index (χ0n) is 17.5. The number of nitrogens with one attached hydrogen (secondary N) is 2. The predicted molar refractivity (Wildman–Crippen MR) is 124 cm³/mol. The van der Waals surface area contributed by atoms with Gasteiger partial charge in [0.15, 0.2) is 5.84 Å². The summed E-state index contributed by atoms with van der Waals surface area (Å²) in [7, 11) is -3.82. The number of anilines is 1. The molecule has 7 nitrogen and oxygen atoms in total. The molecule has 0 aliphatic heterocycles. The van der Waals surface area contributed by atoms with Gasteiger partial charge < -0.3 is 5.32 Å². The second-order valence-electron chi connectivity index (χ2n) is 7.18. The van der Waals surface area contributed by atoms with Crippen molar-refractivity contribution in [2.45, 2.75) is 17.5 Å². The Balaban J connectivity index is 1.80. The molecular weight excluding hydrogens is 493 g/mol. The topological polar surface area (TPSA) is 117 Å². The van der Waals surface area contributed by atoms with Gasteiger partial charge in [-0.2, -0.15) is 13.2 Å².